The van der Waals surface area contributed by atoms with E-state index >= 15 is 0 Å². The van der Waals surface area contributed by atoms with Gasteiger partial charge in [0.1, 0.15) is 11.6 Å². The van der Waals surface area contributed by atoms with E-state index in [1.165, 1.54) is 37.5 Å². The summed E-state index contributed by atoms with van der Waals surface area (Å²) in [5.41, 5.74) is 0.112. The van der Waals surface area contributed by atoms with Gasteiger partial charge in [0.05, 0.1) is 13.2 Å². The molecule has 2 rings (SSSR count). The summed E-state index contributed by atoms with van der Waals surface area (Å²) in [5.74, 6) is -3.40. The van der Waals surface area contributed by atoms with E-state index in [0.29, 0.717) is 19.1 Å². The van der Waals surface area contributed by atoms with Gasteiger partial charge >= 0.3 is 12.1 Å². The molecule has 8 heteroatoms. The molecule has 1 fully saturated rings. The summed E-state index contributed by atoms with van der Waals surface area (Å²) >= 11 is 0. The van der Waals surface area contributed by atoms with Crippen LogP contribution < -0.4 is 4.74 Å². The van der Waals surface area contributed by atoms with Crippen LogP contribution in [0.5, 0.6) is 5.75 Å². The molecule has 0 aliphatic carbocycles. The number of ether oxygens (including phenoxy) is 3. The molecule has 0 atom stereocenters. The number of rotatable bonds is 8. The molecule has 0 aromatic heterocycles. The molecule has 0 N–H and O–H groups in total. The second-order valence-electron chi connectivity index (χ2n) is 6.68. The SMILES string of the molecule is CCCCCCC1COC(C=Cc2ccc(OC(=O)C(F)(F)F)cc2F)OC1. The van der Waals surface area contributed by atoms with Crippen molar-refractivity contribution >= 4 is 12.0 Å². The Hall–Kier alpha value is -1.93. The number of benzene rings is 1. The molecule has 1 aliphatic rings. The van der Waals surface area contributed by atoms with Gasteiger partial charge in [0.15, 0.2) is 6.29 Å². The van der Waals surface area contributed by atoms with Crippen LogP contribution in [0.3, 0.4) is 0 Å². The highest BCUT2D eigenvalue weighted by atomic mass is 19.4. The molecule has 1 aliphatic heterocycles. The first-order valence-corrected chi connectivity index (χ1v) is 9.29. The molecule has 0 amide bonds. The third-order valence-electron chi connectivity index (χ3n) is 4.31. The molecular formula is C20H24F4O4. The van der Waals surface area contributed by atoms with Gasteiger partial charge in [0, 0.05) is 17.5 Å². The molecule has 28 heavy (non-hydrogen) atoms. The first-order chi connectivity index (χ1) is 13.3. The van der Waals surface area contributed by atoms with Crippen molar-refractivity contribution in [2.75, 3.05) is 13.2 Å². The lowest BCUT2D eigenvalue weighted by Gasteiger charge is -2.27. The number of alkyl halides is 3. The summed E-state index contributed by atoms with van der Waals surface area (Å²) in [4.78, 5) is 10.8. The average molecular weight is 404 g/mol. The molecule has 1 saturated heterocycles. The van der Waals surface area contributed by atoms with Crippen LogP contribution in [0.2, 0.25) is 0 Å². The van der Waals surface area contributed by atoms with Gasteiger partial charge in [-0.05, 0) is 24.6 Å². The van der Waals surface area contributed by atoms with Crippen molar-refractivity contribution in [3.63, 3.8) is 0 Å². The van der Waals surface area contributed by atoms with E-state index in [2.05, 4.69) is 11.7 Å². The van der Waals surface area contributed by atoms with E-state index in [1.54, 1.807) is 0 Å². The Kier molecular flexibility index (Phi) is 8.44. The smallest absolute Gasteiger partial charge is 0.420 e. The molecule has 0 saturated carbocycles. The Bertz CT molecular complexity index is 665. The molecule has 0 radical (unpaired) electrons. The minimum atomic E-state index is -5.14. The lowest BCUT2D eigenvalue weighted by atomic mass is 10.0. The topological polar surface area (TPSA) is 44.8 Å². The van der Waals surface area contributed by atoms with Gasteiger partial charge in [0.25, 0.3) is 0 Å². The van der Waals surface area contributed by atoms with E-state index in [4.69, 9.17) is 9.47 Å². The predicted molar refractivity (Wildman–Crippen MR) is 95.1 cm³/mol. The van der Waals surface area contributed by atoms with Crippen molar-refractivity contribution in [2.45, 2.75) is 51.5 Å². The second kappa shape index (κ2) is 10.6. The zero-order valence-electron chi connectivity index (χ0n) is 15.6. The number of hydrogen-bond acceptors (Lipinski definition) is 4. The Morgan fingerprint density at radius 1 is 1.21 bits per heavy atom. The number of hydrogen-bond donors (Lipinski definition) is 0. The zero-order chi connectivity index (χ0) is 20.6. The molecule has 4 nitrogen and oxygen atoms in total. The van der Waals surface area contributed by atoms with Gasteiger partial charge in [-0.2, -0.15) is 13.2 Å². The van der Waals surface area contributed by atoms with Crippen LogP contribution in [-0.4, -0.2) is 31.6 Å². The predicted octanol–water partition coefficient (Wildman–Crippen LogP) is 5.27. The van der Waals surface area contributed by atoms with Crippen molar-refractivity contribution in [1.29, 1.82) is 0 Å². The average Bonchev–Trinajstić information content (AvgIpc) is 2.65. The van der Waals surface area contributed by atoms with E-state index in [9.17, 15) is 22.4 Å². The highest BCUT2D eigenvalue weighted by Gasteiger charge is 2.41. The van der Waals surface area contributed by atoms with Gasteiger partial charge in [-0.25, -0.2) is 9.18 Å². The van der Waals surface area contributed by atoms with Gasteiger partial charge in [-0.1, -0.05) is 38.7 Å². The van der Waals surface area contributed by atoms with Crippen molar-refractivity contribution in [3.8, 4) is 5.75 Å². The summed E-state index contributed by atoms with van der Waals surface area (Å²) in [6, 6.07) is 3.02. The summed E-state index contributed by atoms with van der Waals surface area (Å²) in [5, 5.41) is 0. The maximum Gasteiger partial charge on any atom is 0.491 e. The Balaban J connectivity index is 1.82. The molecule has 0 unspecified atom stereocenters. The summed E-state index contributed by atoms with van der Waals surface area (Å²) in [7, 11) is 0. The van der Waals surface area contributed by atoms with Gasteiger partial charge < -0.3 is 14.2 Å². The molecule has 1 aromatic carbocycles. The van der Waals surface area contributed by atoms with E-state index in [1.807, 2.05) is 0 Å². The minimum Gasteiger partial charge on any atom is -0.420 e. The third kappa shape index (κ3) is 7.24. The minimum absolute atomic E-state index is 0.112. The summed E-state index contributed by atoms with van der Waals surface area (Å²) < 4.78 is 65.8. The van der Waals surface area contributed by atoms with Crippen LogP contribution in [-0.2, 0) is 14.3 Å². The van der Waals surface area contributed by atoms with Crippen molar-refractivity contribution in [1.82, 2.24) is 0 Å². The molecular weight excluding hydrogens is 380 g/mol. The van der Waals surface area contributed by atoms with Gasteiger partial charge in [-0.15, -0.1) is 0 Å². The maximum absolute atomic E-state index is 14.0. The standard InChI is InChI=1S/C20H24F4O4/c1-2-3-4-5-6-14-12-26-18(27-13-14)10-8-15-7-9-16(11-17(15)21)28-19(25)20(22,23)24/h7-11,14,18H,2-6,12-13H2,1H3. The van der Waals surface area contributed by atoms with Crippen molar-refractivity contribution in [2.24, 2.45) is 5.92 Å². The molecule has 1 aromatic rings. The third-order valence-corrected chi connectivity index (χ3v) is 4.31. The summed E-state index contributed by atoms with van der Waals surface area (Å²) in [6.45, 7) is 3.29. The highest BCUT2D eigenvalue weighted by molar-refractivity contribution is 5.78. The largest absolute Gasteiger partial charge is 0.491 e. The van der Waals surface area contributed by atoms with Crippen LogP contribution >= 0.6 is 0 Å². The second-order valence-corrected chi connectivity index (χ2v) is 6.68. The monoisotopic (exact) mass is 404 g/mol. The fourth-order valence-corrected chi connectivity index (χ4v) is 2.75. The van der Waals surface area contributed by atoms with Crippen molar-refractivity contribution < 1.29 is 36.6 Å². The Morgan fingerprint density at radius 3 is 2.54 bits per heavy atom. The maximum atomic E-state index is 14.0. The Labute approximate surface area is 161 Å². The van der Waals surface area contributed by atoms with Crippen LogP contribution in [0.4, 0.5) is 17.6 Å². The lowest BCUT2D eigenvalue weighted by molar-refractivity contribution is -0.189. The van der Waals surface area contributed by atoms with E-state index < -0.39 is 30.0 Å². The zero-order valence-corrected chi connectivity index (χ0v) is 15.6. The van der Waals surface area contributed by atoms with Gasteiger partial charge in [0.2, 0.25) is 0 Å². The van der Waals surface area contributed by atoms with Crippen LogP contribution in [0.25, 0.3) is 6.08 Å². The normalized spacial score (nSPS) is 20.5. The fourth-order valence-electron chi connectivity index (χ4n) is 2.75. The van der Waals surface area contributed by atoms with E-state index in [-0.39, 0.29) is 5.56 Å². The molecule has 0 bridgehead atoms. The van der Waals surface area contributed by atoms with Gasteiger partial charge in [-0.3, -0.25) is 0 Å². The van der Waals surface area contributed by atoms with E-state index in [0.717, 1.165) is 25.0 Å². The highest BCUT2D eigenvalue weighted by Crippen LogP contribution is 2.23. The number of carbonyl (C=O) groups excluding carboxylic acids is 1. The first kappa shape index (κ1) is 22.4. The van der Waals surface area contributed by atoms with Crippen molar-refractivity contribution in [3.05, 3.63) is 35.7 Å². The quantitative estimate of drug-likeness (QED) is 0.256. The van der Waals surface area contributed by atoms with Crippen LogP contribution in [0.1, 0.15) is 44.6 Å². The number of unbranched alkanes of at least 4 members (excludes halogenated alkanes) is 3. The molecule has 1 heterocycles. The number of esters is 1. The molecule has 0 spiro atoms. The number of halogens is 4. The Morgan fingerprint density at radius 2 is 1.93 bits per heavy atom. The fraction of sp³-hybridized carbons (Fsp3) is 0.550. The van der Waals surface area contributed by atoms with Crippen LogP contribution in [0, 0.1) is 11.7 Å². The lowest BCUT2D eigenvalue weighted by Crippen LogP contribution is -2.30. The number of carbonyl (C=O) groups is 1. The summed E-state index contributed by atoms with van der Waals surface area (Å²) in [6.07, 6.45) is 3.00. The van der Waals surface area contributed by atoms with Crippen LogP contribution in [0.15, 0.2) is 24.3 Å². The molecule has 156 valence electrons. The first-order valence-electron chi connectivity index (χ1n) is 9.29.